The molecule has 2 heterocycles. The van der Waals surface area contributed by atoms with E-state index in [1.54, 1.807) is 69.2 Å². The van der Waals surface area contributed by atoms with E-state index >= 15 is 4.39 Å². The van der Waals surface area contributed by atoms with Crippen molar-refractivity contribution in [2.75, 3.05) is 15.5 Å². The number of anilines is 3. The van der Waals surface area contributed by atoms with Crippen molar-refractivity contribution in [2.24, 2.45) is 17.8 Å². The van der Waals surface area contributed by atoms with Crippen LogP contribution in [0, 0.1) is 30.5 Å². The maximum atomic E-state index is 16.8. The molecular formula is C37H48FN5O10S. The Morgan fingerprint density at radius 1 is 0.870 bits per heavy atom. The monoisotopic (exact) mass is 773 g/mol. The van der Waals surface area contributed by atoms with Gasteiger partial charge in [-0.3, -0.25) is 19.6 Å². The first-order valence-electron chi connectivity index (χ1n) is 17.2. The molecule has 1 aliphatic rings. The Bertz CT molecular complexity index is 2080. The zero-order valence-corrected chi connectivity index (χ0v) is 33.3. The van der Waals surface area contributed by atoms with E-state index in [1.165, 1.54) is 44.6 Å². The van der Waals surface area contributed by atoms with Gasteiger partial charge in [-0.25, -0.2) is 23.8 Å². The summed E-state index contributed by atoms with van der Waals surface area (Å²) in [6.07, 6.45) is 0.705. The van der Waals surface area contributed by atoms with Gasteiger partial charge in [0.15, 0.2) is 5.82 Å². The lowest BCUT2D eigenvalue weighted by Gasteiger charge is -2.29. The number of carbonyl (C=O) groups is 4. The molecule has 17 heteroatoms. The highest BCUT2D eigenvalue weighted by molar-refractivity contribution is 7.86. The van der Waals surface area contributed by atoms with Gasteiger partial charge in [-0.2, -0.15) is 13.3 Å². The van der Waals surface area contributed by atoms with E-state index in [0.717, 1.165) is 0 Å². The van der Waals surface area contributed by atoms with Crippen LogP contribution in [0.25, 0.3) is 21.9 Å². The Hall–Kier alpha value is -4.90. The predicted molar refractivity (Wildman–Crippen MR) is 200 cm³/mol. The molecule has 54 heavy (non-hydrogen) atoms. The average molecular weight is 774 g/mol. The number of ether oxygens (including phenoxy) is 3. The fourth-order valence-electron chi connectivity index (χ4n) is 6.00. The van der Waals surface area contributed by atoms with Gasteiger partial charge in [0.2, 0.25) is 5.91 Å². The fourth-order valence-corrected chi connectivity index (χ4v) is 6.81. The van der Waals surface area contributed by atoms with Gasteiger partial charge < -0.3 is 19.5 Å². The molecule has 0 bridgehead atoms. The number of rotatable bonds is 7. The summed E-state index contributed by atoms with van der Waals surface area (Å²) < 4.78 is 66.2. The third-order valence-electron chi connectivity index (χ3n) is 8.47. The number of halogens is 1. The molecule has 0 radical (unpaired) electrons. The third kappa shape index (κ3) is 9.79. The second-order valence-electron chi connectivity index (χ2n) is 16.3. The molecule has 2 aromatic heterocycles. The molecule has 3 N–H and O–H groups in total. The molecule has 4 atom stereocenters. The molecule has 4 rings (SSSR count). The zero-order chi connectivity index (χ0) is 40.9. The first-order valence-corrected chi connectivity index (χ1v) is 18.7. The molecule has 0 aliphatic heterocycles. The van der Waals surface area contributed by atoms with Crippen molar-refractivity contribution in [2.45, 2.75) is 105 Å². The van der Waals surface area contributed by atoms with Gasteiger partial charge in [0.25, 0.3) is 10.1 Å². The summed E-state index contributed by atoms with van der Waals surface area (Å²) in [7, 11) is -4.38. The van der Waals surface area contributed by atoms with Gasteiger partial charge in [0.1, 0.15) is 22.6 Å². The standard InChI is InChI=1S/C37H48FN5O10S/c1-18-23(15-39-17-25(18)43(33(46)52-36(7,8)9)34(47)53-37(10,11)12)22-13-21-14-26(41-31(44)28-19(2)27(28)20(3)54(48,49)50)40-16-24(21)30(29(22)38)42-32(45)51-35(4,5)6/h13-17,19-20,27-28H,1-12H3,(H,42,45)(H,40,41,44)(H,48,49,50). The van der Waals surface area contributed by atoms with Gasteiger partial charge in [0.05, 0.1) is 22.8 Å². The smallest absolute Gasteiger partial charge is 0.424 e. The molecule has 0 saturated heterocycles. The van der Waals surface area contributed by atoms with Crippen LogP contribution in [0.1, 0.15) is 81.7 Å². The van der Waals surface area contributed by atoms with Crippen LogP contribution in [0.3, 0.4) is 0 Å². The summed E-state index contributed by atoms with van der Waals surface area (Å²) in [5.41, 5.74) is -3.10. The fraction of sp³-hybridized carbons (Fsp3) is 0.514. The highest BCUT2D eigenvalue weighted by Crippen LogP contribution is 2.50. The number of fused-ring (bicyclic) bond motifs is 1. The minimum atomic E-state index is -4.38. The van der Waals surface area contributed by atoms with Gasteiger partial charge in [-0.05, 0) is 111 Å². The Morgan fingerprint density at radius 3 is 1.94 bits per heavy atom. The Labute approximate surface area is 314 Å². The van der Waals surface area contributed by atoms with Crippen molar-refractivity contribution in [1.29, 1.82) is 0 Å². The minimum Gasteiger partial charge on any atom is -0.444 e. The highest BCUT2D eigenvalue weighted by atomic mass is 32.2. The quantitative estimate of drug-likeness (QED) is 0.155. The van der Waals surface area contributed by atoms with Crippen LogP contribution >= 0.6 is 0 Å². The summed E-state index contributed by atoms with van der Waals surface area (Å²) in [5.74, 6) is -3.09. The molecule has 4 amide bonds. The van der Waals surface area contributed by atoms with Crippen molar-refractivity contribution >= 4 is 62.3 Å². The molecular weight excluding hydrogens is 725 g/mol. The summed E-state index contributed by atoms with van der Waals surface area (Å²) in [5, 5.41) is 4.40. The maximum Gasteiger partial charge on any atom is 0.424 e. The average Bonchev–Trinajstić information content (AvgIpc) is 3.66. The molecule has 0 spiro atoms. The summed E-state index contributed by atoms with van der Waals surface area (Å²) >= 11 is 0. The van der Waals surface area contributed by atoms with Crippen molar-refractivity contribution in [3.8, 4) is 11.1 Å². The van der Waals surface area contributed by atoms with E-state index in [1.807, 2.05) is 0 Å². The highest BCUT2D eigenvalue weighted by Gasteiger charge is 2.57. The topological polar surface area (TPSA) is 203 Å². The number of aromatic nitrogens is 2. The number of amides is 4. The molecule has 1 aromatic carbocycles. The molecule has 15 nitrogen and oxygen atoms in total. The second-order valence-corrected chi connectivity index (χ2v) is 18.1. The molecule has 3 aromatic rings. The minimum absolute atomic E-state index is 0.0373. The molecule has 4 unspecified atom stereocenters. The molecule has 1 aliphatic carbocycles. The van der Waals surface area contributed by atoms with E-state index in [4.69, 9.17) is 14.2 Å². The first kappa shape index (κ1) is 41.9. The number of nitrogens with zero attached hydrogens (tertiary/aromatic N) is 3. The third-order valence-corrected chi connectivity index (χ3v) is 9.73. The number of pyridine rings is 2. The van der Waals surface area contributed by atoms with Crippen LogP contribution < -0.4 is 15.5 Å². The lowest BCUT2D eigenvalue weighted by atomic mass is 9.97. The van der Waals surface area contributed by atoms with Crippen LogP contribution in [0.4, 0.5) is 36.0 Å². The number of hydrogen-bond acceptors (Lipinski definition) is 11. The first-order chi connectivity index (χ1) is 24.6. The van der Waals surface area contributed by atoms with Crippen molar-refractivity contribution in [1.82, 2.24) is 9.97 Å². The summed E-state index contributed by atoms with van der Waals surface area (Å²) in [6.45, 7) is 19.2. The lowest BCUT2D eigenvalue weighted by molar-refractivity contribution is -0.117. The van der Waals surface area contributed by atoms with Crippen molar-refractivity contribution in [3.05, 3.63) is 42.1 Å². The Morgan fingerprint density at radius 2 is 1.43 bits per heavy atom. The summed E-state index contributed by atoms with van der Waals surface area (Å²) in [6, 6.07) is 2.86. The van der Waals surface area contributed by atoms with E-state index in [-0.39, 0.29) is 50.6 Å². The number of carbonyl (C=O) groups excluding carboxylic acids is 4. The van der Waals surface area contributed by atoms with Crippen LogP contribution in [0.15, 0.2) is 30.7 Å². The number of nitrogens with one attached hydrogen (secondary N) is 2. The van der Waals surface area contributed by atoms with Gasteiger partial charge >= 0.3 is 18.3 Å². The van der Waals surface area contributed by atoms with E-state index in [2.05, 4.69) is 20.6 Å². The maximum absolute atomic E-state index is 16.8. The van der Waals surface area contributed by atoms with Gasteiger partial charge in [0, 0.05) is 34.8 Å². The van der Waals surface area contributed by atoms with Gasteiger partial charge in [-0.15, -0.1) is 0 Å². The van der Waals surface area contributed by atoms with Crippen LogP contribution in [0.5, 0.6) is 0 Å². The van der Waals surface area contributed by atoms with Crippen molar-refractivity contribution in [3.63, 3.8) is 0 Å². The molecule has 1 fully saturated rings. The van der Waals surface area contributed by atoms with Crippen LogP contribution in [0.2, 0.25) is 0 Å². The SMILES string of the molecule is Cc1c(-c2cc3cc(NC(=O)C4C(C)C4C(C)S(=O)(=O)O)ncc3c(NC(=O)OC(C)(C)C)c2F)cncc1N(C(=O)OC(C)(C)C)C(=O)OC(C)(C)C. The van der Waals surface area contributed by atoms with Crippen molar-refractivity contribution < 1.29 is 50.7 Å². The summed E-state index contributed by atoms with van der Waals surface area (Å²) in [4.78, 5) is 62.3. The second kappa shape index (κ2) is 14.7. The number of imide groups is 1. The zero-order valence-electron chi connectivity index (χ0n) is 32.4. The number of hydrogen-bond donors (Lipinski definition) is 3. The predicted octanol–water partition coefficient (Wildman–Crippen LogP) is 7.86. The molecule has 1 saturated carbocycles. The van der Waals surface area contributed by atoms with E-state index in [0.29, 0.717) is 4.90 Å². The molecule has 294 valence electrons. The normalized spacial score (nSPS) is 18.0. The van der Waals surface area contributed by atoms with Crippen LogP contribution in [-0.4, -0.2) is 69.2 Å². The van der Waals surface area contributed by atoms with Crippen LogP contribution in [-0.2, 0) is 29.1 Å². The Kier molecular flexibility index (Phi) is 11.4. The van der Waals surface area contributed by atoms with Gasteiger partial charge in [-0.1, -0.05) is 6.92 Å². The Balaban J connectivity index is 1.87. The van der Waals surface area contributed by atoms with E-state index < -0.39 is 74.0 Å². The number of benzene rings is 1. The van der Waals surface area contributed by atoms with E-state index in [9.17, 15) is 32.1 Å². The lowest BCUT2D eigenvalue weighted by Crippen LogP contribution is -2.44. The largest absolute Gasteiger partial charge is 0.444 e.